The first-order chi connectivity index (χ1) is 8.60. The van der Waals surface area contributed by atoms with E-state index in [9.17, 15) is 9.18 Å². The monoisotopic (exact) mass is 270 g/mol. The van der Waals surface area contributed by atoms with Gasteiger partial charge in [0.2, 0.25) is 0 Å². The molecule has 98 valence electrons. The molecule has 18 heavy (non-hydrogen) atoms. The molecule has 0 spiro atoms. The van der Waals surface area contributed by atoms with Gasteiger partial charge in [-0.15, -0.1) is 11.6 Å². The van der Waals surface area contributed by atoms with Gasteiger partial charge in [0.1, 0.15) is 23.5 Å². The minimum absolute atomic E-state index is 0.0427. The van der Waals surface area contributed by atoms with Gasteiger partial charge in [0.05, 0.1) is 0 Å². The largest absolute Gasteiger partial charge is 0.490 e. The van der Waals surface area contributed by atoms with E-state index in [1.165, 1.54) is 12.1 Å². The lowest BCUT2D eigenvalue weighted by Crippen LogP contribution is -2.22. The molecule has 0 saturated carbocycles. The Labute approximate surface area is 111 Å². The van der Waals surface area contributed by atoms with Crippen LogP contribution in [0.5, 0.6) is 5.75 Å². The van der Waals surface area contributed by atoms with Crippen molar-refractivity contribution in [3.8, 4) is 5.75 Å². The van der Waals surface area contributed by atoms with Crippen LogP contribution in [0.15, 0.2) is 18.2 Å². The first kappa shape index (κ1) is 13.3. The Bertz CT molecular complexity index is 447. The van der Waals surface area contributed by atoms with Crippen LogP contribution in [-0.2, 0) is 11.2 Å². The van der Waals surface area contributed by atoms with Crippen molar-refractivity contribution >= 4 is 17.4 Å². The lowest BCUT2D eigenvalue weighted by Gasteiger charge is -2.17. The molecule has 1 aliphatic rings. The average Bonchev–Trinajstić information content (AvgIpc) is 2.69. The summed E-state index contributed by atoms with van der Waals surface area (Å²) in [4.78, 5) is 11.5. The van der Waals surface area contributed by atoms with Crippen LogP contribution in [0.25, 0.3) is 0 Å². The molecule has 0 radical (unpaired) electrons. The number of ketones is 1. The predicted molar refractivity (Wildman–Crippen MR) is 68.6 cm³/mol. The van der Waals surface area contributed by atoms with Crippen molar-refractivity contribution in [1.82, 2.24) is 0 Å². The van der Waals surface area contributed by atoms with Gasteiger partial charge in [0.15, 0.2) is 0 Å². The van der Waals surface area contributed by atoms with Crippen LogP contribution in [0, 0.1) is 11.7 Å². The van der Waals surface area contributed by atoms with Gasteiger partial charge in [-0.2, -0.15) is 0 Å². The maximum absolute atomic E-state index is 13.1. The van der Waals surface area contributed by atoms with Gasteiger partial charge >= 0.3 is 0 Å². The molecule has 0 aliphatic carbocycles. The third-order valence-corrected chi connectivity index (χ3v) is 3.56. The molecular formula is C14H16ClFO2. The van der Waals surface area contributed by atoms with Crippen molar-refractivity contribution in [2.75, 3.05) is 5.88 Å². The van der Waals surface area contributed by atoms with E-state index in [0.717, 1.165) is 11.3 Å². The summed E-state index contributed by atoms with van der Waals surface area (Å²) in [6.07, 6.45) is 1.94. The summed E-state index contributed by atoms with van der Waals surface area (Å²) >= 11 is 5.69. The third-order valence-electron chi connectivity index (χ3n) is 3.34. The van der Waals surface area contributed by atoms with E-state index >= 15 is 0 Å². The number of carbonyl (C=O) groups excluding carboxylic acids is 1. The van der Waals surface area contributed by atoms with Crippen molar-refractivity contribution in [3.05, 3.63) is 29.6 Å². The first-order valence-corrected chi connectivity index (χ1v) is 6.65. The number of fused-ring (bicyclic) bond motifs is 1. The van der Waals surface area contributed by atoms with Crippen LogP contribution in [0.3, 0.4) is 0 Å². The molecule has 0 N–H and O–H groups in total. The maximum Gasteiger partial charge on any atom is 0.133 e. The third kappa shape index (κ3) is 3.02. The minimum Gasteiger partial charge on any atom is -0.490 e. The predicted octanol–water partition coefficient (Wildman–Crippen LogP) is 3.35. The molecule has 0 saturated heterocycles. The Morgan fingerprint density at radius 3 is 3.06 bits per heavy atom. The molecule has 2 nitrogen and oxygen atoms in total. The maximum atomic E-state index is 13.1. The molecule has 1 aromatic rings. The number of hydrogen-bond donors (Lipinski definition) is 0. The van der Waals surface area contributed by atoms with Gasteiger partial charge in [0.25, 0.3) is 0 Å². The Morgan fingerprint density at radius 1 is 1.61 bits per heavy atom. The zero-order valence-electron chi connectivity index (χ0n) is 10.3. The van der Waals surface area contributed by atoms with Crippen molar-refractivity contribution in [2.24, 2.45) is 5.92 Å². The van der Waals surface area contributed by atoms with Crippen LogP contribution >= 0.6 is 11.6 Å². The lowest BCUT2D eigenvalue weighted by atomic mass is 9.93. The fourth-order valence-corrected chi connectivity index (χ4v) is 2.62. The van der Waals surface area contributed by atoms with Crippen LogP contribution in [-0.4, -0.2) is 17.8 Å². The van der Waals surface area contributed by atoms with E-state index in [1.54, 1.807) is 13.0 Å². The first-order valence-electron chi connectivity index (χ1n) is 6.11. The minimum atomic E-state index is -0.248. The summed E-state index contributed by atoms with van der Waals surface area (Å²) in [5.74, 6) is 1.03. The average molecular weight is 271 g/mol. The van der Waals surface area contributed by atoms with Crippen LogP contribution in [0.2, 0.25) is 0 Å². The van der Waals surface area contributed by atoms with Gasteiger partial charge in [-0.1, -0.05) is 0 Å². The number of alkyl halides is 1. The van der Waals surface area contributed by atoms with E-state index in [4.69, 9.17) is 16.3 Å². The molecule has 2 rings (SSSR count). The quantitative estimate of drug-likeness (QED) is 0.767. The van der Waals surface area contributed by atoms with Crippen molar-refractivity contribution in [3.63, 3.8) is 0 Å². The lowest BCUT2D eigenvalue weighted by molar-refractivity contribution is -0.121. The number of benzene rings is 1. The van der Waals surface area contributed by atoms with Crippen LogP contribution < -0.4 is 4.74 Å². The second-order valence-electron chi connectivity index (χ2n) is 4.72. The Hall–Kier alpha value is -1.09. The molecule has 0 amide bonds. The van der Waals surface area contributed by atoms with Gasteiger partial charge in [-0.3, -0.25) is 4.79 Å². The molecule has 0 fully saturated rings. The molecule has 4 heteroatoms. The smallest absolute Gasteiger partial charge is 0.133 e. The van der Waals surface area contributed by atoms with E-state index < -0.39 is 0 Å². The number of ether oxygens (including phenoxy) is 1. The number of halogens is 2. The highest BCUT2D eigenvalue weighted by molar-refractivity contribution is 6.18. The van der Waals surface area contributed by atoms with E-state index in [2.05, 4.69) is 0 Å². The van der Waals surface area contributed by atoms with Gasteiger partial charge < -0.3 is 4.74 Å². The van der Waals surface area contributed by atoms with Gasteiger partial charge in [-0.25, -0.2) is 4.39 Å². The summed E-state index contributed by atoms with van der Waals surface area (Å²) in [5.41, 5.74) is 0.883. The van der Waals surface area contributed by atoms with Gasteiger partial charge in [-0.05, 0) is 38.0 Å². The fourth-order valence-electron chi connectivity index (χ4n) is 2.36. The zero-order chi connectivity index (χ0) is 13.1. The van der Waals surface area contributed by atoms with E-state index in [1.807, 2.05) is 0 Å². The zero-order valence-corrected chi connectivity index (χ0v) is 11.0. The molecular weight excluding hydrogens is 255 g/mol. The highest BCUT2D eigenvalue weighted by atomic mass is 35.5. The van der Waals surface area contributed by atoms with Crippen LogP contribution in [0.1, 0.15) is 25.3 Å². The molecule has 2 unspecified atom stereocenters. The highest BCUT2D eigenvalue weighted by Gasteiger charge is 2.27. The SMILES string of the molecule is CC(=O)C(CCCl)CC1Cc2cc(F)ccc2O1. The Kier molecular flexibility index (Phi) is 4.23. The number of Topliss-reactive ketones (excluding diaryl/α,β-unsaturated/α-hetero) is 1. The standard InChI is InChI=1S/C14H16ClFO2/c1-9(17)10(4-5-15)7-13-8-11-6-12(16)2-3-14(11)18-13/h2-3,6,10,13H,4-5,7-8H2,1H3. The van der Waals surface area contributed by atoms with Crippen molar-refractivity contribution in [1.29, 1.82) is 0 Å². The van der Waals surface area contributed by atoms with Crippen molar-refractivity contribution < 1.29 is 13.9 Å². The van der Waals surface area contributed by atoms with Crippen molar-refractivity contribution in [2.45, 2.75) is 32.3 Å². The number of carbonyl (C=O) groups is 1. The van der Waals surface area contributed by atoms with E-state index in [-0.39, 0.29) is 23.6 Å². The number of hydrogen-bond acceptors (Lipinski definition) is 2. The second-order valence-corrected chi connectivity index (χ2v) is 5.09. The second kappa shape index (κ2) is 5.70. The molecule has 1 aromatic carbocycles. The Balaban J connectivity index is 2.00. The summed E-state index contributed by atoms with van der Waals surface area (Å²) in [6, 6.07) is 4.54. The highest BCUT2D eigenvalue weighted by Crippen LogP contribution is 2.32. The number of rotatable bonds is 5. The van der Waals surface area contributed by atoms with Crippen LogP contribution in [0.4, 0.5) is 4.39 Å². The molecule has 0 bridgehead atoms. The molecule has 0 aromatic heterocycles. The summed E-state index contributed by atoms with van der Waals surface area (Å²) in [5, 5.41) is 0. The molecule has 1 heterocycles. The summed E-state index contributed by atoms with van der Waals surface area (Å²) in [6.45, 7) is 1.58. The molecule has 1 aliphatic heterocycles. The topological polar surface area (TPSA) is 26.3 Å². The van der Waals surface area contributed by atoms with Gasteiger partial charge in [0, 0.05) is 23.8 Å². The summed E-state index contributed by atoms with van der Waals surface area (Å²) < 4.78 is 18.8. The molecule has 2 atom stereocenters. The fraction of sp³-hybridized carbons (Fsp3) is 0.500. The Morgan fingerprint density at radius 2 is 2.39 bits per heavy atom. The van der Waals surface area contributed by atoms with E-state index in [0.29, 0.717) is 25.1 Å². The normalized spacial score (nSPS) is 19.2. The summed E-state index contributed by atoms with van der Waals surface area (Å²) in [7, 11) is 0.